The molecule has 7 heteroatoms. The van der Waals surface area contributed by atoms with Crippen molar-refractivity contribution in [3.63, 3.8) is 0 Å². The highest BCUT2D eigenvalue weighted by Crippen LogP contribution is 2.37. The van der Waals surface area contributed by atoms with Gasteiger partial charge in [-0.1, -0.05) is 0 Å². The molecule has 1 aromatic rings. The Bertz CT molecular complexity index is 623. The molecule has 2 heterocycles. The molecule has 0 bridgehead atoms. The van der Waals surface area contributed by atoms with Crippen LogP contribution < -0.4 is 0 Å². The van der Waals surface area contributed by atoms with E-state index in [4.69, 9.17) is 0 Å². The van der Waals surface area contributed by atoms with E-state index in [9.17, 15) is 8.42 Å². The summed E-state index contributed by atoms with van der Waals surface area (Å²) >= 11 is 0. The van der Waals surface area contributed by atoms with Crippen molar-refractivity contribution in [3.8, 4) is 0 Å². The van der Waals surface area contributed by atoms with E-state index in [1.807, 2.05) is 17.9 Å². The molecule has 1 saturated carbocycles. The van der Waals surface area contributed by atoms with Gasteiger partial charge in [-0.05, 0) is 51.3 Å². The zero-order chi connectivity index (χ0) is 15.9. The van der Waals surface area contributed by atoms with Crippen molar-refractivity contribution in [2.45, 2.75) is 37.0 Å². The van der Waals surface area contributed by atoms with E-state index < -0.39 is 10.0 Å². The molecule has 0 amide bonds. The summed E-state index contributed by atoms with van der Waals surface area (Å²) in [5.74, 6) is 0.313. The minimum absolute atomic E-state index is 0.131. The first-order chi connectivity index (χ1) is 10.4. The topological polar surface area (TPSA) is 58.4 Å². The summed E-state index contributed by atoms with van der Waals surface area (Å²) in [4.78, 5) is 2.34. The first kappa shape index (κ1) is 16.0. The van der Waals surface area contributed by atoms with Gasteiger partial charge in [-0.2, -0.15) is 5.10 Å². The third kappa shape index (κ3) is 2.94. The van der Waals surface area contributed by atoms with Gasteiger partial charge in [-0.15, -0.1) is 0 Å². The van der Waals surface area contributed by atoms with Crippen molar-refractivity contribution < 1.29 is 8.42 Å². The van der Waals surface area contributed by atoms with Gasteiger partial charge in [0.25, 0.3) is 0 Å². The summed E-state index contributed by atoms with van der Waals surface area (Å²) in [5, 5.41) is 4.15. The monoisotopic (exact) mass is 326 g/mol. The van der Waals surface area contributed by atoms with Crippen molar-refractivity contribution in [3.05, 3.63) is 18.0 Å². The van der Waals surface area contributed by atoms with Gasteiger partial charge < -0.3 is 0 Å². The fraction of sp³-hybridized carbons (Fsp3) is 0.800. The molecule has 0 spiro atoms. The van der Waals surface area contributed by atoms with Crippen LogP contribution in [0.3, 0.4) is 0 Å². The van der Waals surface area contributed by atoms with Crippen LogP contribution >= 0.6 is 0 Å². The van der Waals surface area contributed by atoms with Gasteiger partial charge in [-0.3, -0.25) is 9.58 Å². The highest BCUT2D eigenvalue weighted by atomic mass is 32.2. The number of hydrogen-bond donors (Lipinski definition) is 0. The Hall–Kier alpha value is -0.920. The van der Waals surface area contributed by atoms with Crippen molar-refractivity contribution in [1.29, 1.82) is 0 Å². The van der Waals surface area contributed by atoms with Gasteiger partial charge in [0.15, 0.2) is 0 Å². The summed E-state index contributed by atoms with van der Waals surface area (Å²) in [7, 11) is 2.73. The molecule has 6 nitrogen and oxygen atoms in total. The zero-order valence-corrected chi connectivity index (χ0v) is 14.5. The fourth-order valence-electron chi connectivity index (χ4n) is 3.65. The minimum atomic E-state index is -3.09. The van der Waals surface area contributed by atoms with Crippen molar-refractivity contribution in [1.82, 2.24) is 19.0 Å². The van der Waals surface area contributed by atoms with Gasteiger partial charge in [0, 0.05) is 26.8 Å². The van der Waals surface area contributed by atoms with Crippen LogP contribution in [-0.4, -0.2) is 59.8 Å². The van der Waals surface area contributed by atoms with Crippen molar-refractivity contribution in [2.75, 3.05) is 27.2 Å². The lowest BCUT2D eigenvalue weighted by atomic mass is 9.87. The van der Waals surface area contributed by atoms with Crippen LogP contribution in [0.1, 0.15) is 37.4 Å². The van der Waals surface area contributed by atoms with E-state index in [1.54, 1.807) is 11.4 Å². The Kier molecular flexibility index (Phi) is 4.31. The maximum atomic E-state index is 12.4. The highest BCUT2D eigenvalue weighted by Gasteiger charge is 2.41. The molecular formula is C15H26N4O2S. The first-order valence-corrected chi connectivity index (χ1v) is 9.55. The number of piperidine rings is 1. The number of likely N-dealkylation sites (tertiary alicyclic amines) is 1. The third-order valence-corrected chi connectivity index (χ3v) is 7.37. The average molecular weight is 326 g/mol. The number of nitrogens with zero attached hydrogens (tertiary/aromatic N) is 4. The maximum absolute atomic E-state index is 12.4. The lowest BCUT2D eigenvalue weighted by Crippen LogP contribution is -2.43. The molecule has 2 aliphatic rings. The second kappa shape index (κ2) is 5.94. The smallest absolute Gasteiger partial charge is 0.216 e. The SMILES string of the molecule is CN1CCC[C@@H](CN(C)S(=O)(=O)C2CC2)[C@@H]1c1ccnn1C. The Balaban J connectivity index is 1.79. The third-order valence-electron chi connectivity index (χ3n) is 5.04. The van der Waals surface area contributed by atoms with Crippen LogP contribution in [0, 0.1) is 5.92 Å². The Morgan fingerprint density at radius 1 is 1.32 bits per heavy atom. The summed E-state index contributed by atoms with van der Waals surface area (Å²) in [6, 6.07) is 2.28. The molecule has 2 fully saturated rings. The Morgan fingerprint density at radius 3 is 2.64 bits per heavy atom. The molecule has 1 aliphatic heterocycles. The van der Waals surface area contributed by atoms with Gasteiger partial charge in [-0.25, -0.2) is 12.7 Å². The van der Waals surface area contributed by atoms with Gasteiger partial charge in [0.2, 0.25) is 10.0 Å². The molecule has 124 valence electrons. The largest absolute Gasteiger partial charge is 0.298 e. The molecule has 1 saturated heterocycles. The van der Waals surface area contributed by atoms with Crippen molar-refractivity contribution in [2.24, 2.45) is 13.0 Å². The molecule has 0 radical (unpaired) electrons. The van der Waals surface area contributed by atoms with E-state index in [1.165, 1.54) is 5.69 Å². The van der Waals surface area contributed by atoms with Crippen LogP contribution in [0.15, 0.2) is 12.3 Å². The van der Waals surface area contributed by atoms with E-state index in [0.29, 0.717) is 12.5 Å². The predicted octanol–water partition coefficient (Wildman–Crippen LogP) is 1.23. The predicted molar refractivity (Wildman–Crippen MR) is 85.9 cm³/mol. The lowest BCUT2D eigenvalue weighted by Gasteiger charge is -2.40. The summed E-state index contributed by atoms with van der Waals surface area (Å²) in [5.41, 5.74) is 1.17. The standard InChI is InChI=1S/C15H26N4O2S/c1-17-10-4-5-12(15(17)14-8-9-16-19(14)3)11-18(2)22(20,21)13-6-7-13/h8-9,12-13,15H,4-7,10-11H2,1-3H3/t12-,15+/m0/s1. The second-order valence-corrected chi connectivity index (χ2v) is 9.05. The van der Waals surface area contributed by atoms with E-state index >= 15 is 0 Å². The summed E-state index contributed by atoms with van der Waals surface area (Å²) in [6.07, 6.45) is 5.64. The molecule has 1 aromatic heterocycles. The molecular weight excluding hydrogens is 300 g/mol. The highest BCUT2D eigenvalue weighted by molar-refractivity contribution is 7.90. The van der Waals surface area contributed by atoms with Crippen molar-refractivity contribution >= 4 is 10.0 Å². The van der Waals surface area contributed by atoms with E-state index in [0.717, 1.165) is 32.2 Å². The van der Waals surface area contributed by atoms with Gasteiger partial charge in [0.1, 0.15) is 0 Å². The lowest BCUT2D eigenvalue weighted by molar-refractivity contribution is 0.103. The average Bonchev–Trinajstić information content (AvgIpc) is 3.24. The Labute approximate surface area is 133 Å². The molecule has 0 N–H and O–H groups in total. The molecule has 2 atom stereocenters. The van der Waals surface area contributed by atoms with Gasteiger partial charge >= 0.3 is 0 Å². The van der Waals surface area contributed by atoms with E-state index in [2.05, 4.69) is 23.1 Å². The van der Waals surface area contributed by atoms with Gasteiger partial charge in [0.05, 0.1) is 17.0 Å². The molecule has 1 aliphatic carbocycles. The summed E-state index contributed by atoms with van der Waals surface area (Å²) < 4.78 is 28.3. The molecule has 22 heavy (non-hydrogen) atoms. The number of rotatable bonds is 5. The van der Waals surface area contributed by atoms with Crippen LogP contribution in [-0.2, 0) is 17.1 Å². The molecule has 0 aromatic carbocycles. The quantitative estimate of drug-likeness (QED) is 0.816. The minimum Gasteiger partial charge on any atom is -0.298 e. The molecule has 3 rings (SSSR count). The van der Waals surface area contributed by atoms with Crippen LogP contribution in [0.2, 0.25) is 0 Å². The van der Waals surface area contributed by atoms with E-state index in [-0.39, 0.29) is 11.3 Å². The molecule has 0 unspecified atom stereocenters. The fourth-order valence-corrected chi connectivity index (χ4v) is 5.29. The normalized spacial score (nSPS) is 27.5. The zero-order valence-electron chi connectivity index (χ0n) is 13.6. The summed E-state index contributed by atoms with van der Waals surface area (Å²) in [6.45, 7) is 1.64. The Morgan fingerprint density at radius 2 is 2.05 bits per heavy atom. The number of hydrogen-bond acceptors (Lipinski definition) is 4. The van der Waals surface area contributed by atoms with Crippen LogP contribution in [0.25, 0.3) is 0 Å². The van der Waals surface area contributed by atoms with Crippen LogP contribution in [0.5, 0.6) is 0 Å². The maximum Gasteiger partial charge on any atom is 0.216 e. The van der Waals surface area contributed by atoms with Crippen LogP contribution in [0.4, 0.5) is 0 Å². The first-order valence-electron chi connectivity index (χ1n) is 8.04. The second-order valence-electron chi connectivity index (χ2n) is 6.73. The number of sulfonamides is 1. The number of aryl methyl sites for hydroxylation is 1. The number of aromatic nitrogens is 2.